The molecule has 3 aromatic rings. The third-order valence-corrected chi connectivity index (χ3v) is 9.47. The van der Waals surface area contributed by atoms with Crippen LogP contribution in [0.3, 0.4) is 0 Å². The van der Waals surface area contributed by atoms with Crippen molar-refractivity contribution in [3.05, 3.63) is 95.5 Å². The zero-order chi connectivity index (χ0) is 28.2. The van der Waals surface area contributed by atoms with Crippen molar-refractivity contribution in [2.75, 3.05) is 13.7 Å². The van der Waals surface area contributed by atoms with Crippen LogP contribution in [0.1, 0.15) is 41.5 Å². The van der Waals surface area contributed by atoms with Gasteiger partial charge in [0.1, 0.15) is 6.10 Å². The summed E-state index contributed by atoms with van der Waals surface area (Å²) >= 11 is 0. The second-order valence-corrected chi connectivity index (χ2v) is 11.4. The number of carbonyl (C=O) groups is 2. The summed E-state index contributed by atoms with van der Waals surface area (Å²) in [5, 5.41) is 15.8. The number of nitrogens with zero attached hydrogens (tertiary/aromatic N) is 1. The first-order chi connectivity index (χ1) is 19.9. The molecular weight excluding hydrogens is 520 g/mol. The van der Waals surface area contributed by atoms with Crippen LogP contribution in [0.5, 0.6) is 11.5 Å². The molecule has 1 saturated carbocycles. The molecule has 0 radical (unpaired) electrons. The Hall–Kier alpha value is -4.30. The summed E-state index contributed by atoms with van der Waals surface area (Å²) in [6, 6.07) is 14.7. The molecule has 1 spiro atoms. The number of furan rings is 1. The van der Waals surface area contributed by atoms with Gasteiger partial charge in [0.2, 0.25) is 11.8 Å². The lowest BCUT2D eigenvalue weighted by Gasteiger charge is -2.63. The number of piperidine rings is 1. The zero-order valence-electron chi connectivity index (χ0n) is 22.8. The predicted molar refractivity (Wildman–Crippen MR) is 152 cm³/mol. The third-order valence-electron chi connectivity index (χ3n) is 9.47. The molecule has 2 N–H and O–H groups in total. The van der Waals surface area contributed by atoms with Gasteiger partial charge in [-0.05, 0) is 61.1 Å². The fourth-order valence-corrected chi connectivity index (χ4v) is 7.71. The smallest absolute Gasteiger partial charge is 0.246 e. The normalized spacial score (nSPS) is 29.3. The molecule has 2 amide bonds. The van der Waals surface area contributed by atoms with Crippen molar-refractivity contribution < 1.29 is 28.6 Å². The largest absolute Gasteiger partial charge is 0.493 e. The van der Waals surface area contributed by atoms with Crippen molar-refractivity contribution in [2.24, 2.45) is 0 Å². The van der Waals surface area contributed by atoms with Crippen molar-refractivity contribution >= 4 is 24.0 Å². The van der Waals surface area contributed by atoms with E-state index >= 15 is 0 Å². The Morgan fingerprint density at radius 3 is 2.68 bits per heavy atom. The lowest BCUT2D eigenvalue weighted by Crippen LogP contribution is -2.78. The molecule has 2 aromatic carbocycles. The summed E-state index contributed by atoms with van der Waals surface area (Å²) in [7, 11) is 1.61. The Morgan fingerprint density at radius 2 is 1.90 bits per heavy atom. The molecule has 3 heterocycles. The van der Waals surface area contributed by atoms with Crippen LogP contribution in [0.4, 0.5) is 0 Å². The fourth-order valence-electron chi connectivity index (χ4n) is 7.71. The lowest BCUT2D eigenvalue weighted by molar-refractivity contribution is -0.193. The highest BCUT2D eigenvalue weighted by Gasteiger charge is 2.73. The van der Waals surface area contributed by atoms with Crippen LogP contribution < -0.4 is 14.8 Å². The Kier molecular flexibility index (Phi) is 6.05. The van der Waals surface area contributed by atoms with Crippen LogP contribution in [0, 0.1) is 0 Å². The number of hydrogen-bond donors (Lipinski definition) is 2. The van der Waals surface area contributed by atoms with Gasteiger partial charge in [-0.1, -0.05) is 36.4 Å². The van der Waals surface area contributed by atoms with Gasteiger partial charge < -0.3 is 29.2 Å². The number of methoxy groups -OCH3 is 1. The van der Waals surface area contributed by atoms with Crippen molar-refractivity contribution in [3.63, 3.8) is 0 Å². The molecule has 2 fully saturated rings. The molecule has 1 saturated heterocycles. The molecule has 2 aliphatic carbocycles. The van der Waals surface area contributed by atoms with E-state index in [2.05, 4.69) is 5.32 Å². The molecule has 5 atom stereocenters. The molecule has 2 bridgehead atoms. The van der Waals surface area contributed by atoms with Crippen LogP contribution >= 0.6 is 0 Å². The second kappa shape index (κ2) is 9.66. The van der Waals surface area contributed by atoms with Gasteiger partial charge in [-0.2, -0.15) is 0 Å². The van der Waals surface area contributed by atoms with Gasteiger partial charge in [0, 0.05) is 29.8 Å². The fraction of sp³-hybridized carbons (Fsp3) is 0.333. The van der Waals surface area contributed by atoms with Crippen molar-refractivity contribution in [1.82, 2.24) is 10.2 Å². The molecule has 8 nitrogen and oxygen atoms in total. The van der Waals surface area contributed by atoms with E-state index < -0.39 is 23.2 Å². The average Bonchev–Trinajstić information content (AvgIpc) is 3.63. The van der Waals surface area contributed by atoms with E-state index in [1.165, 1.54) is 6.08 Å². The predicted octanol–water partition coefficient (Wildman–Crippen LogP) is 3.88. The molecular formula is C33H32N2O6. The topological polar surface area (TPSA) is 101 Å². The Labute approximate surface area is 238 Å². The molecule has 41 heavy (non-hydrogen) atoms. The van der Waals surface area contributed by atoms with E-state index in [0.29, 0.717) is 43.7 Å². The monoisotopic (exact) mass is 552 g/mol. The number of ether oxygens (including phenoxy) is 2. The molecule has 210 valence electrons. The number of rotatable bonds is 6. The van der Waals surface area contributed by atoms with E-state index in [-0.39, 0.29) is 17.9 Å². The number of benzene rings is 2. The van der Waals surface area contributed by atoms with E-state index in [1.807, 2.05) is 53.4 Å². The molecule has 0 unspecified atom stereocenters. The first-order valence-corrected chi connectivity index (χ1v) is 14.1. The maximum atomic E-state index is 13.6. The van der Waals surface area contributed by atoms with Crippen molar-refractivity contribution in [3.8, 4) is 11.5 Å². The van der Waals surface area contributed by atoms with Crippen LogP contribution in [0.25, 0.3) is 12.2 Å². The maximum absolute atomic E-state index is 13.6. The molecule has 4 aliphatic rings. The Morgan fingerprint density at radius 1 is 1.07 bits per heavy atom. The number of nitrogens with one attached hydrogen (secondary N) is 1. The Bertz CT molecular complexity index is 1550. The minimum atomic E-state index is -1.22. The van der Waals surface area contributed by atoms with Crippen LogP contribution in [-0.4, -0.2) is 59.3 Å². The highest BCUT2D eigenvalue weighted by atomic mass is 16.5. The number of aliphatic hydroxyl groups is 1. The van der Waals surface area contributed by atoms with E-state index in [0.717, 1.165) is 22.3 Å². The number of carbonyl (C=O) groups excluding carboxylic acids is 2. The number of amides is 2. The lowest BCUT2D eigenvalue weighted by atomic mass is 9.48. The highest BCUT2D eigenvalue weighted by Crippen LogP contribution is 2.65. The van der Waals surface area contributed by atoms with E-state index in [9.17, 15) is 14.7 Å². The summed E-state index contributed by atoms with van der Waals surface area (Å²) in [4.78, 5) is 28.4. The third kappa shape index (κ3) is 3.84. The minimum absolute atomic E-state index is 0.116. The summed E-state index contributed by atoms with van der Waals surface area (Å²) in [6.45, 7) is 0.474. The Balaban J connectivity index is 1.24. The summed E-state index contributed by atoms with van der Waals surface area (Å²) < 4.78 is 17.4. The van der Waals surface area contributed by atoms with Crippen LogP contribution in [-0.2, 0) is 21.4 Å². The number of hydrogen-bond acceptors (Lipinski definition) is 6. The van der Waals surface area contributed by atoms with Gasteiger partial charge >= 0.3 is 0 Å². The van der Waals surface area contributed by atoms with Gasteiger partial charge in [0.05, 0.1) is 42.7 Å². The molecule has 1 aromatic heterocycles. The van der Waals surface area contributed by atoms with Crippen LogP contribution in [0.15, 0.2) is 77.6 Å². The van der Waals surface area contributed by atoms with Crippen molar-refractivity contribution in [1.29, 1.82) is 0 Å². The molecule has 7 rings (SSSR count). The second-order valence-electron chi connectivity index (χ2n) is 11.4. The summed E-state index contributed by atoms with van der Waals surface area (Å²) in [5.41, 5.74) is 1.77. The highest BCUT2D eigenvalue weighted by molar-refractivity contribution is 5.93. The first kappa shape index (κ1) is 25.7. The van der Waals surface area contributed by atoms with E-state index in [4.69, 9.17) is 13.9 Å². The molecule has 8 heteroatoms. The zero-order valence-corrected chi connectivity index (χ0v) is 22.8. The first-order valence-electron chi connectivity index (χ1n) is 14.1. The number of likely N-dealkylation sites (tertiary alicyclic amines) is 1. The van der Waals surface area contributed by atoms with Gasteiger partial charge in [-0.3, -0.25) is 9.59 Å². The summed E-state index contributed by atoms with van der Waals surface area (Å²) in [5.74, 6) is 0.902. The minimum Gasteiger partial charge on any atom is -0.493 e. The van der Waals surface area contributed by atoms with E-state index in [1.54, 1.807) is 37.9 Å². The SMILES string of the molecule is COc1ccc2c3c1O[C@@H]1[C@@H](NC(=O)/C=C/c4ccoc4)CC[C@]4(O)[C@H](C2)N(C(=O)/C=C/c2ccccc2)CC[C@@]314. The van der Waals surface area contributed by atoms with Crippen molar-refractivity contribution in [2.45, 2.75) is 54.9 Å². The average molecular weight is 553 g/mol. The van der Waals surface area contributed by atoms with Gasteiger partial charge in [-0.25, -0.2) is 0 Å². The molecule has 2 aliphatic heterocycles. The summed E-state index contributed by atoms with van der Waals surface area (Å²) in [6.07, 6.45) is 11.2. The van der Waals surface area contributed by atoms with Crippen LogP contribution in [0.2, 0.25) is 0 Å². The standard InChI is InChI=1S/C33H32N2O6/c1-39-25-10-9-23-19-26-33(38)15-13-24(34-27(36)11-7-22-14-18-40-20-22)31-32(33,29(23)30(25)41-31)16-17-35(26)28(37)12-8-21-5-3-2-4-6-21/h2-12,14,18,20,24,26,31,38H,13,15-17,19H2,1H3,(H,34,36)/b11-7+,12-8+/t24-,26-,31+,32+,33-/m0/s1. The van der Waals surface area contributed by atoms with Gasteiger partial charge in [0.15, 0.2) is 11.5 Å². The van der Waals surface area contributed by atoms with Gasteiger partial charge in [0.25, 0.3) is 0 Å². The van der Waals surface area contributed by atoms with Gasteiger partial charge in [-0.15, -0.1) is 0 Å². The quantitative estimate of drug-likeness (QED) is 0.450. The maximum Gasteiger partial charge on any atom is 0.246 e.